The largest absolute Gasteiger partial charge is 0.333 e. The van der Waals surface area contributed by atoms with Gasteiger partial charge >= 0.3 is 6.03 Å². The molecule has 0 unspecified atom stereocenters. The first-order valence-corrected chi connectivity index (χ1v) is 5.27. The molecule has 0 radical (unpaired) electrons. The van der Waals surface area contributed by atoms with E-state index in [4.69, 9.17) is 0 Å². The molecule has 3 heteroatoms. The fourth-order valence-corrected chi connectivity index (χ4v) is 2.14. The molecule has 13 heavy (non-hydrogen) atoms. The summed E-state index contributed by atoms with van der Waals surface area (Å²) >= 11 is 0. The number of amides is 2. The molecule has 0 aromatic carbocycles. The second-order valence-electron chi connectivity index (χ2n) is 4.54. The SMILES string of the molecule is CC1(NC(=O)N2CCC2)CCCC1. The van der Waals surface area contributed by atoms with E-state index < -0.39 is 0 Å². The van der Waals surface area contributed by atoms with Gasteiger partial charge in [0.05, 0.1) is 0 Å². The van der Waals surface area contributed by atoms with Crippen molar-refractivity contribution in [2.45, 2.75) is 44.6 Å². The van der Waals surface area contributed by atoms with Crippen LogP contribution in [0.15, 0.2) is 0 Å². The number of nitrogens with one attached hydrogen (secondary N) is 1. The summed E-state index contributed by atoms with van der Waals surface area (Å²) in [4.78, 5) is 13.5. The summed E-state index contributed by atoms with van der Waals surface area (Å²) in [6, 6.07) is 0.149. The van der Waals surface area contributed by atoms with Crippen LogP contribution in [0, 0.1) is 0 Å². The van der Waals surface area contributed by atoms with Crippen LogP contribution in [0.5, 0.6) is 0 Å². The maximum atomic E-state index is 11.6. The molecule has 0 spiro atoms. The van der Waals surface area contributed by atoms with Crippen molar-refractivity contribution in [3.63, 3.8) is 0 Å². The minimum atomic E-state index is 0.0900. The van der Waals surface area contributed by atoms with E-state index in [0.29, 0.717) is 0 Å². The first-order valence-electron chi connectivity index (χ1n) is 5.27. The van der Waals surface area contributed by atoms with Crippen molar-refractivity contribution in [3.05, 3.63) is 0 Å². The molecule has 74 valence electrons. The Kier molecular flexibility index (Phi) is 2.18. The first-order chi connectivity index (χ1) is 6.20. The van der Waals surface area contributed by atoms with Crippen LogP contribution in [-0.4, -0.2) is 29.6 Å². The van der Waals surface area contributed by atoms with Gasteiger partial charge in [-0.05, 0) is 26.2 Å². The highest BCUT2D eigenvalue weighted by molar-refractivity contribution is 5.75. The van der Waals surface area contributed by atoms with Gasteiger partial charge in [0, 0.05) is 18.6 Å². The van der Waals surface area contributed by atoms with Gasteiger partial charge in [-0.25, -0.2) is 4.79 Å². The fraction of sp³-hybridized carbons (Fsp3) is 0.900. The molecule has 0 bridgehead atoms. The van der Waals surface area contributed by atoms with E-state index in [-0.39, 0.29) is 11.6 Å². The first kappa shape index (κ1) is 8.85. The third-order valence-corrected chi connectivity index (χ3v) is 3.26. The lowest BCUT2D eigenvalue weighted by Gasteiger charge is -2.35. The topological polar surface area (TPSA) is 32.3 Å². The van der Waals surface area contributed by atoms with Crippen LogP contribution in [0.2, 0.25) is 0 Å². The normalized spacial score (nSPS) is 25.5. The minimum absolute atomic E-state index is 0.0900. The van der Waals surface area contributed by atoms with Gasteiger partial charge in [0.2, 0.25) is 0 Å². The highest BCUT2D eigenvalue weighted by Gasteiger charge is 2.32. The molecule has 2 fully saturated rings. The minimum Gasteiger partial charge on any atom is -0.333 e. The zero-order valence-electron chi connectivity index (χ0n) is 8.31. The molecule has 0 aromatic heterocycles. The molecule has 2 aliphatic rings. The molecule has 1 saturated heterocycles. The number of carbonyl (C=O) groups is 1. The standard InChI is InChI=1S/C10H18N2O/c1-10(5-2-3-6-10)11-9(13)12-7-4-8-12/h2-8H2,1H3,(H,11,13). The third-order valence-electron chi connectivity index (χ3n) is 3.26. The summed E-state index contributed by atoms with van der Waals surface area (Å²) in [5.41, 5.74) is 0.0900. The lowest BCUT2D eigenvalue weighted by molar-refractivity contribution is 0.156. The molecule has 1 heterocycles. The lowest BCUT2D eigenvalue weighted by atomic mass is 10.0. The van der Waals surface area contributed by atoms with Crippen LogP contribution in [0.1, 0.15) is 39.0 Å². The Hall–Kier alpha value is -0.730. The number of urea groups is 1. The van der Waals surface area contributed by atoms with Gasteiger partial charge in [0.25, 0.3) is 0 Å². The molecular formula is C10H18N2O. The summed E-state index contributed by atoms with van der Waals surface area (Å²) in [5, 5.41) is 3.14. The van der Waals surface area contributed by atoms with Crippen LogP contribution >= 0.6 is 0 Å². The van der Waals surface area contributed by atoms with Gasteiger partial charge in [-0.1, -0.05) is 12.8 Å². The summed E-state index contributed by atoms with van der Waals surface area (Å²) in [5.74, 6) is 0. The highest BCUT2D eigenvalue weighted by Crippen LogP contribution is 2.29. The van der Waals surface area contributed by atoms with E-state index in [0.717, 1.165) is 25.9 Å². The number of hydrogen-bond acceptors (Lipinski definition) is 1. The van der Waals surface area contributed by atoms with Crippen LogP contribution < -0.4 is 5.32 Å². The fourth-order valence-electron chi connectivity index (χ4n) is 2.14. The molecule has 0 aromatic rings. The number of rotatable bonds is 1. The van der Waals surface area contributed by atoms with Crippen molar-refractivity contribution in [3.8, 4) is 0 Å². The van der Waals surface area contributed by atoms with E-state index >= 15 is 0 Å². The van der Waals surface area contributed by atoms with E-state index in [2.05, 4.69) is 12.2 Å². The summed E-state index contributed by atoms with van der Waals surface area (Å²) < 4.78 is 0. The Bertz CT molecular complexity index is 205. The number of likely N-dealkylation sites (tertiary alicyclic amines) is 1. The van der Waals surface area contributed by atoms with Crippen LogP contribution in [0.3, 0.4) is 0 Å². The maximum absolute atomic E-state index is 11.6. The Labute approximate surface area is 79.5 Å². The number of nitrogens with zero attached hydrogens (tertiary/aromatic N) is 1. The Morgan fingerprint density at radius 1 is 1.23 bits per heavy atom. The zero-order chi connectivity index (χ0) is 9.31. The predicted octanol–water partition coefficient (Wildman–Crippen LogP) is 1.73. The number of hydrogen-bond donors (Lipinski definition) is 1. The summed E-state index contributed by atoms with van der Waals surface area (Å²) in [6.07, 6.45) is 5.98. The van der Waals surface area contributed by atoms with Crippen molar-refractivity contribution in [2.75, 3.05) is 13.1 Å². The van der Waals surface area contributed by atoms with Gasteiger partial charge < -0.3 is 10.2 Å². The summed E-state index contributed by atoms with van der Waals surface area (Å²) in [7, 11) is 0. The number of carbonyl (C=O) groups excluding carboxylic acids is 1. The molecule has 3 nitrogen and oxygen atoms in total. The Morgan fingerprint density at radius 2 is 1.85 bits per heavy atom. The zero-order valence-corrected chi connectivity index (χ0v) is 8.31. The van der Waals surface area contributed by atoms with Crippen molar-refractivity contribution in [1.29, 1.82) is 0 Å². The van der Waals surface area contributed by atoms with Crippen molar-refractivity contribution in [2.24, 2.45) is 0 Å². The van der Waals surface area contributed by atoms with Gasteiger partial charge in [-0.15, -0.1) is 0 Å². The summed E-state index contributed by atoms with van der Waals surface area (Å²) in [6.45, 7) is 4.06. The molecule has 1 aliphatic carbocycles. The smallest absolute Gasteiger partial charge is 0.317 e. The van der Waals surface area contributed by atoms with E-state index in [1.54, 1.807) is 0 Å². The molecule has 1 saturated carbocycles. The van der Waals surface area contributed by atoms with Gasteiger partial charge in [-0.3, -0.25) is 0 Å². The predicted molar refractivity (Wildman–Crippen MR) is 51.6 cm³/mol. The van der Waals surface area contributed by atoms with Crippen molar-refractivity contribution >= 4 is 6.03 Å². The van der Waals surface area contributed by atoms with Crippen LogP contribution in [-0.2, 0) is 0 Å². The van der Waals surface area contributed by atoms with Crippen molar-refractivity contribution in [1.82, 2.24) is 10.2 Å². The van der Waals surface area contributed by atoms with Gasteiger partial charge in [-0.2, -0.15) is 0 Å². The molecule has 0 atom stereocenters. The maximum Gasteiger partial charge on any atom is 0.317 e. The lowest BCUT2D eigenvalue weighted by Crippen LogP contribution is -2.54. The van der Waals surface area contributed by atoms with Gasteiger partial charge in [0.1, 0.15) is 0 Å². The third kappa shape index (κ3) is 1.79. The Balaban J connectivity index is 1.85. The second-order valence-corrected chi connectivity index (χ2v) is 4.54. The molecule has 2 amide bonds. The molecular weight excluding hydrogens is 164 g/mol. The Morgan fingerprint density at radius 3 is 2.31 bits per heavy atom. The average molecular weight is 182 g/mol. The van der Waals surface area contributed by atoms with Crippen LogP contribution in [0.25, 0.3) is 0 Å². The quantitative estimate of drug-likeness (QED) is 0.658. The van der Waals surface area contributed by atoms with Crippen LogP contribution in [0.4, 0.5) is 4.79 Å². The van der Waals surface area contributed by atoms with Crippen molar-refractivity contribution < 1.29 is 4.79 Å². The monoisotopic (exact) mass is 182 g/mol. The average Bonchev–Trinajstić information content (AvgIpc) is 2.31. The van der Waals surface area contributed by atoms with E-state index in [1.165, 1.54) is 19.3 Å². The van der Waals surface area contributed by atoms with Gasteiger partial charge in [0.15, 0.2) is 0 Å². The molecule has 1 aliphatic heterocycles. The van der Waals surface area contributed by atoms with E-state index in [9.17, 15) is 4.79 Å². The molecule has 2 rings (SSSR count). The molecule has 1 N–H and O–H groups in total. The van der Waals surface area contributed by atoms with E-state index in [1.807, 2.05) is 4.90 Å². The highest BCUT2D eigenvalue weighted by atomic mass is 16.2. The second kappa shape index (κ2) is 3.20.